The molecule has 1 unspecified atom stereocenters. The number of nitrogens with one attached hydrogen (secondary N) is 1. The average molecular weight is 315 g/mol. The predicted molar refractivity (Wildman–Crippen MR) is 85.7 cm³/mol. The number of benzene rings is 1. The summed E-state index contributed by atoms with van der Waals surface area (Å²) in [4.78, 5) is 13.2. The average Bonchev–Trinajstić information content (AvgIpc) is 3.12. The number of thioether (sulfide) groups is 2. The van der Waals surface area contributed by atoms with Crippen molar-refractivity contribution in [3.05, 3.63) is 42.5 Å². The molecule has 0 amide bonds. The summed E-state index contributed by atoms with van der Waals surface area (Å²) >= 11 is 3.80. The normalized spacial score (nSPS) is 17.3. The van der Waals surface area contributed by atoms with Gasteiger partial charge in [0.15, 0.2) is 10.5 Å². The first-order valence-corrected chi connectivity index (χ1v) is 8.84. The molecule has 0 saturated heterocycles. The lowest BCUT2D eigenvalue weighted by Crippen LogP contribution is -2.40. The molecule has 106 valence electrons. The molecule has 0 spiro atoms. The van der Waals surface area contributed by atoms with Gasteiger partial charge in [-0.3, -0.25) is 0 Å². The summed E-state index contributed by atoms with van der Waals surface area (Å²) in [6.07, 6.45) is 3.65. The van der Waals surface area contributed by atoms with Crippen molar-refractivity contribution in [3.63, 3.8) is 0 Å². The molecule has 1 aromatic carbocycles. The third kappa shape index (κ3) is 2.42. The Morgan fingerprint density at radius 2 is 2.19 bits per heavy atom. The second-order valence-electron chi connectivity index (χ2n) is 5.15. The van der Waals surface area contributed by atoms with Gasteiger partial charge < -0.3 is 4.98 Å². The summed E-state index contributed by atoms with van der Waals surface area (Å²) in [5.41, 5.74) is 3.17. The Bertz CT molecular complexity index is 782. The van der Waals surface area contributed by atoms with E-state index in [1.165, 1.54) is 15.5 Å². The van der Waals surface area contributed by atoms with Crippen molar-refractivity contribution in [1.29, 1.82) is 0 Å². The van der Waals surface area contributed by atoms with Crippen LogP contribution in [0.25, 0.3) is 11.2 Å². The minimum absolute atomic E-state index is 0.483. The Hall–Kier alpha value is -1.53. The Labute approximate surface area is 131 Å². The van der Waals surface area contributed by atoms with Crippen LogP contribution >= 0.6 is 23.5 Å². The van der Waals surface area contributed by atoms with Crippen molar-refractivity contribution >= 4 is 34.7 Å². The number of aryl methyl sites for hydroxylation is 1. The number of fused-ring (bicyclic) bond motifs is 3. The smallest absolute Gasteiger partial charge is 0.296 e. The van der Waals surface area contributed by atoms with Crippen LogP contribution in [-0.2, 0) is 0 Å². The van der Waals surface area contributed by atoms with Gasteiger partial charge in [-0.2, -0.15) is 4.98 Å². The highest BCUT2D eigenvalue weighted by Gasteiger charge is 2.31. The molecule has 0 bridgehead atoms. The third-order valence-corrected chi connectivity index (χ3v) is 6.04. The second kappa shape index (κ2) is 5.35. The van der Waals surface area contributed by atoms with Gasteiger partial charge in [0.2, 0.25) is 0 Å². The maximum absolute atomic E-state index is 4.43. The molecule has 21 heavy (non-hydrogen) atoms. The van der Waals surface area contributed by atoms with Gasteiger partial charge in [-0.1, -0.05) is 29.5 Å². The van der Waals surface area contributed by atoms with Crippen LogP contribution in [0.15, 0.2) is 46.8 Å². The van der Waals surface area contributed by atoms with E-state index in [2.05, 4.69) is 50.7 Å². The lowest BCUT2D eigenvalue weighted by molar-refractivity contribution is -0.744. The van der Waals surface area contributed by atoms with Gasteiger partial charge >= 0.3 is 0 Å². The van der Waals surface area contributed by atoms with E-state index in [1.54, 1.807) is 6.33 Å². The highest BCUT2D eigenvalue weighted by atomic mass is 32.2. The molecule has 1 aliphatic rings. The van der Waals surface area contributed by atoms with Crippen molar-refractivity contribution in [2.24, 2.45) is 0 Å². The molecular weight excluding hydrogens is 300 g/mol. The van der Waals surface area contributed by atoms with Crippen LogP contribution < -0.4 is 4.57 Å². The van der Waals surface area contributed by atoms with Gasteiger partial charge in [0.1, 0.15) is 6.04 Å². The zero-order valence-corrected chi connectivity index (χ0v) is 13.2. The Morgan fingerprint density at radius 1 is 1.33 bits per heavy atom. The highest BCUT2D eigenvalue weighted by Crippen LogP contribution is 2.32. The van der Waals surface area contributed by atoms with Gasteiger partial charge in [0.25, 0.3) is 12.0 Å². The number of aromatic amines is 1. The number of hydrogen-bond acceptors (Lipinski definition) is 4. The molecular formula is C15H15N4S2+. The molecule has 0 saturated carbocycles. The summed E-state index contributed by atoms with van der Waals surface area (Å²) in [5, 5.41) is 1.26. The molecule has 0 radical (unpaired) electrons. The monoisotopic (exact) mass is 315 g/mol. The largest absolute Gasteiger partial charge is 0.337 e. The van der Waals surface area contributed by atoms with Crippen molar-refractivity contribution < 1.29 is 4.57 Å². The minimum Gasteiger partial charge on any atom is -0.337 e. The zero-order valence-electron chi connectivity index (χ0n) is 11.6. The third-order valence-electron chi connectivity index (χ3n) is 3.64. The number of nitrogens with zero attached hydrogens (tertiary/aromatic N) is 3. The first-order chi connectivity index (χ1) is 10.3. The second-order valence-corrected chi connectivity index (χ2v) is 7.25. The molecule has 0 aliphatic carbocycles. The highest BCUT2D eigenvalue weighted by molar-refractivity contribution is 8.00. The van der Waals surface area contributed by atoms with Crippen molar-refractivity contribution in [2.75, 3.05) is 11.5 Å². The van der Waals surface area contributed by atoms with E-state index in [0.29, 0.717) is 6.04 Å². The molecule has 3 heterocycles. The Morgan fingerprint density at radius 3 is 3.05 bits per heavy atom. The zero-order chi connectivity index (χ0) is 14.2. The van der Waals surface area contributed by atoms with Crippen LogP contribution in [0, 0.1) is 6.92 Å². The SMILES string of the molecule is Cc1ccc(SCC2CSc3c4[nH]cnc4nc[n+]32)cc1. The quantitative estimate of drug-likeness (QED) is 0.458. The van der Waals surface area contributed by atoms with E-state index < -0.39 is 0 Å². The molecule has 1 N–H and O–H groups in total. The lowest BCUT2D eigenvalue weighted by Gasteiger charge is -2.08. The summed E-state index contributed by atoms with van der Waals surface area (Å²) in [7, 11) is 0. The fraction of sp³-hybridized carbons (Fsp3) is 0.267. The Balaban J connectivity index is 1.55. The molecule has 6 heteroatoms. The lowest BCUT2D eigenvalue weighted by atomic mass is 10.2. The van der Waals surface area contributed by atoms with Crippen molar-refractivity contribution in [2.45, 2.75) is 22.9 Å². The first-order valence-electron chi connectivity index (χ1n) is 6.87. The topological polar surface area (TPSA) is 45.5 Å². The van der Waals surface area contributed by atoms with Crippen molar-refractivity contribution in [1.82, 2.24) is 15.0 Å². The molecule has 3 aromatic rings. The van der Waals surface area contributed by atoms with Crippen LogP contribution in [0.5, 0.6) is 0 Å². The van der Waals surface area contributed by atoms with E-state index in [-0.39, 0.29) is 0 Å². The van der Waals surface area contributed by atoms with Crippen LogP contribution in [0.3, 0.4) is 0 Å². The van der Waals surface area contributed by atoms with Gasteiger partial charge in [-0.25, -0.2) is 4.57 Å². The standard InChI is InChI=1S/C15H14N4S2/c1-10-2-4-12(5-3-10)20-6-11-7-21-15-13-14(17-8-16-13)18-9-19(11)15/h2-5,8-9,11H,6-7H2,1H3/p+1. The van der Waals surface area contributed by atoms with E-state index in [0.717, 1.165) is 22.7 Å². The minimum atomic E-state index is 0.483. The van der Waals surface area contributed by atoms with Gasteiger partial charge in [-0.05, 0) is 24.0 Å². The number of rotatable bonds is 3. The van der Waals surface area contributed by atoms with Gasteiger partial charge in [-0.15, -0.1) is 11.8 Å². The summed E-state index contributed by atoms with van der Waals surface area (Å²) in [5.74, 6) is 2.16. The Kier molecular flexibility index (Phi) is 3.35. The van der Waals surface area contributed by atoms with E-state index in [4.69, 9.17) is 0 Å². The predicted octanol–water partition coefficient (Wildman–Crippen LogP) is 2.99. The van der Waals surface area contributed by atoms with Gasteiger partial charge in [0.05, 0.1) is 6.33 Å². The van der Waals surface area contributed by atoms with E-state index >= 15 is 0 Å². The maximum Gasteiger partial charge on any atom is 0.296 e. The van der Waals surface area contributed by atoms with Crippen LogP contribution in [0.1, 0.15) is 11.6 Å². The van der Waals surface area contributed by atoms with Crippen LogP contribution in [0.2, 0.25) is 0 Å². The number of H-pyrrole nitrogens is 1. The molecule has 0 fully saturated rings. The fourth-order valence-corrected chi connectivity index (χ4v) is 4.87. The summed E-state index contributed by atoms with van der Waals surface area (Å²) in [6.45, 7) is 2.12. The van der Waals surface area contributed by atoms with E-state index in [1.807, 2.05) is 29.9 Å². The molecule has 4 rings (SSSR count). The van der Waals surface area contributed by atoms with E-state index in [9.17, 15) is 0 Å². The van der Waals surface area contributed by atoms with Crippen molar-refractivity contribution in [3.8, 4) is 0 Å². The number of aromatic nitrogens is 4. The molecule has 2 aromatic heterocycles. The molecule has 1 atom stereocenters. The molecule has 4 nitrogen and oxygen atoms in total. The fourth-order valence-electron chi connectivity index (χ4n) is 2.46. The van der Waals surface area contributed by atoms with Crippen LogP contribution in [-0.4, -0.2) is 26.5 Å². The summed E-state index contributed by atoms with van der Waals surface area (Å²) < 4.78 is 2.28. The van der Waals surface area contributed by atoms with Gasteiger partial charge in [0, 0.05) is 16.4 Å². The number of hydrogen-bond donors (Lipinski definition) is 1. The van der Waals surface area contributed by atoms with Crippen LogP contribution in [0.4, 0.5) is 0 Å². The number of imidazole rings is 1. The summed E-state index contributed by atoms with van der Waals surface area (Å²) in [6, 6.07) is 9.22. The first kappa shape index (κ1) is 13.2. The maximum atomic E-state index is 4.43. The molecule has 1 aliphatic heterocycles.